The van der Waals surface area contributed by atoms with Crippen molar-refractivity contribution in [3.05, 3.63) is 36.7 Å². The number of methoxy groups -OCH3 is 1. The summed E-state index contributed by atoms with van der Waals surface area (Å²) in [4.78, 5) is 3.88. The minimum atomic E-state index is -4.79. The standard InChI is InChI=1S/C13H10F3NO3/c1-19-10-4-8(6-17-7-10)11-5-9(2-3-12(11)18)20-13(14,15)16/h2-7,18H,1H3. The van der Waals surface area contributed by atoms with Crippen molar-refractivity contribution in [2.75, 3.05) is 7.11 Å². The molecule has 1 aromatic heterocycles. The number of rotatable bonds is 3. The predicted molar refractivity (Wildman–Crippen MR) is 64.6 cm³/mol. The van der Waals surface area contributed by atoms with Crippen molar-refractivity contribution in [3.63, 3.8) is 0 Å². The Morgan fingerprint density at radius 3 is 2.50 bits per heavy atom. The molecule has 0 fully saturated rings. The minimum absolute atomic E-state index is 0.165. The molecule has 0 radical (unpaired) electrons. The summed E-state index contributed by atoms with van der Waals surface area (Å²) in [6.45, 7) is 0. The van der Waals surface area contributed by atoms with Gasteiger partial charge in [0.2, 0.25) is 0 Å². The van der Waals surface area contributed by atoms with Gasteiger partial charge in [-0.2, -0.15) is 0 Å². The van der Waals surface area contributed by atoms with Gasteiger partial charge < -0.3 is 14.6 Å². The Balaban J connectivity index is 2.42. The molecular weight excluding hydrogens is 275 g/mol. The van der Waals surface area contributed by atoms with Crippen LogP contribution in [-0.2, 0) is 0 Å². The summed E-state index contributed by atoms with van der Waals surface area (Å²) >= 11 is 0. The SMILES string of the molecule is COc1cncc(-c2cc(OC(F)(F)F)ccc2O)c1. The number of nitrogens with zero attached hydrogens (tertiary/aromatic N) is 1. The van der Waals surface area contributed by atoms with Crippen LogP contribution >= 0.6 is 0 Å². The molecule has 20 heavy (non-hydrogen) atoms. The third-order valence-corrected chi connectivity index (χ3v) is 2.46. The van der Waals surface area contributed by atoms with Crippen LogP contribution in [-0.4, -0.2) is 23.6 Å². The number of phenolic OH excluding ortho intramolecular Hbond substituents is 1. The normalized spacial score (nSPS) is 11.2. The Morgan fingerprint density at radius 2 is 1.85 bits per heavy atom. The fourth-order valence-electron chi connectivity index (χ4n) is 1.62. The number of ether oxygens (including phenoxy) is 2. The van der Waals surface area contributed by atoms with E-state index < -0.39 is 12.1 Å². The van der Waals surface area contributed by atoms with Crippen LogP contribution in [0.1, 0.15) is 0 Å². The number of benzene rings is 1. The number of phenols is 1. The number of aromatic nitrogens is 1. The molecule has 2 rings (SSSR count). The lowest BCUT2D eigenvalue weighted by Gasteiger charge is -2.11. The van der Waals surface area contributed by atoms with Crippen LogP contribution in [0.25, 0.3) is 11.1 Å². The smallest absolute Gasteiger partial charge is 0.507 e. The second kappa shape index (κ2) is 5.28. The lowest BCUT2D eigenvalue weighted by atomic mass is 10.1. The van der Waals surface area contributed by atoms with Crippen LogP contribution in [0.4, 0.5) is 13.2 Å². The molecule has 1 N–H and O–H groups in total. The van der Waals surface area contributed by atoms with Crippen molar-refractivity contribution in [2.24, 2.45) is 0 Å². The van der Waals surface area contributed by atoms with E-state index in [1.54, 1.807) is 6.07 Å². The van der Waals surface area contributed by atoms with Crippen LogP contribution in [0.5, 0.6) is 17.2 Å². The van der Waals surface area contributed by atoms with Crippen molar-refractivity contribution in [2.45, 2.75) is 6.36 Å². The highest BCUT2D eigenvalue weighted by Gasteiger charge is 2.31. The fourth-order valence-corrected chi connectivity index (χ4v) is 1.62. The molecule has 106 valence electrons. The van der Waals surface area contributed by atoms with E-state index in [0.717, 1.165) is 18.2 Å². The maximum atomic E-state index is 12.2. The predicted octanol–water partition coefficient (Wildman–Crippen LogP) is 3.36. The van der Waals surface area contributed by atoms with E-state index in [1.165, 1.54) is 19.5 Å². The Labute approximate surface area is 112 Å². The van der Waals surface area contributed by atoms with E-state index in [9.17, 15) is 18.3 Å². The van der Waals surface area contributed by atoms with Crippen molar-refractivity contribution in [1.82, 2.24) is 4.98 Å². The van der Waals surface area contributed by atoms with Crippen molar-refractivity contribution < 1.29 is 27.8 Å². The molecule has 0 aliphatic carbocycles. The summed E-state index contributed by atoms with van der Waals surface area (Å²) < 4.78 is 45.3. The zero-order chi connectivity index (χ0) is 14.8. The van der Waals surface area contributed by atoms with E-state index in [2.05, 4.69) is 9.72 Å². The first-order valence-corrected chi connectivity index (χ1v) is 5.47. The number of pyridine rings is 1. The Bertz CT molecular complexity index is 614. The summed E-state index contributed by atoms with van der Waals surface area (Å²) in [5, 5.41) is 9.74. The summed E-state index contributed by atoms with van der Waals surface area (Å²) in [5.41, 5.74) is 0.577. The molecule has 7 heteroatoms. The summed E-state index contributed by atoms with van der Waals surface area (Å²) in [6, 6.07) is 4.77. The number of hydrogen-bond acceptors (Lipinski definition) is 4. The van der Waals surface area contributed by atoms with Crippen molar-refractivity contribution in [1.29, 1.82) is 0 Å². The first-order chi connectivity index (χ1) is 9.39. The van der Waals surface area contributed by atoms with Gasteiger partial charge >= 0.3 is 6.36 Å². The molecule has 0 amide bonds. The van der Waals surface area contributed by atoms with E-state index in [1.807, 2.05) is 0 Å². The second-order valence-corrected chi connectivity index (χ2v) is 3.84. The lowest BCUT2D eigenvalue weighted by Crippen LogP contribution is -2.17. The highest BCUT2D eigenvalue weighted by Crippen LogP contribution is 2.35. The quantitative estimate of drug-likeness (QED) is 0.939. The Hall–Kier alpha value is -2.44. The molecule has 0 bridgehead atoms. The molecule has 2 aromatic rings. The van der Waals surface area contributed by atoms with E-state index in [0.29, 0.717) is 11.3 Å². The van der Waals surface area contributed by atoms with Gasteiger partial charge in [0.15, 0.2) is 0 Å². The molecule has 4 nitrogen and oxygen atoms in total. The van der Waals surface area contributed by atoms with Crippen LogP contribution in [0.2, 0.25) is 0 Å². The third-order valence-electron chi connectivity index (χ3n) is 2.46. The Morgan fingerprint density at radius 1 is 1.10 bits per heavy atom. The van der Waals surface area contributed by atoms with Crippen molar-refractivity contribution >= 4 is 0 Å². The third kappa shape index (κ3) is 3.31. The monoisotopic (exact) mass is 285 g/mol. The fraction of sp³-hybridized carbons (Fsp3) is 0.154. The topological polar surface area (TPSA) is 51.6 Å². The summed E-state index contributed by atoms with van der Waals surface area (Å²) in [5.74, 6) is -0.188. The minimum Gasteiger partial charge on any atom is -0.507 e. The molecule has 0 aliphatic heterocycles. The zero-order valence-corrected chi connectivity index (χ0v) is 10.3. The molecule has 0 atom stereocenters. The molecule has 0 saturated heterocycles. The van der Waals surface area contributed by atoms with Gasteiger partial charge in [0.1, 0.15) is 17.2 Å². The molecule has 0 unspecified atom stereocenters. The van der Waals surface area contributed by atoms with Gasteiger partial charge in [-0.3, -0.25) is 4.98 Å². The van der Waals surface area contributed by atoms with Gasteiger partial charge in [-0.1, -0.05) is 0 Å². The molecule has 0 saturated carbocycles. The van der Waals surface area contributed by atoms with Crippen molar-refractivity contribution in [3.8, 4) is 28.4 Å². The average molecular weight is 285 g/mol. The molecule has 0 aliphatic rings. The summed E-state index contributed by atoms with van der Waals surface area (Å²) in [7, 11) is 1.43. The highest BCUT2D eigenvalue weighted by atomic mass is 19.4. The molecule has 0 spiro atoms. The average Bonchev–Trinajstić information content (AvgIpc) is 2.39. The van der Waals surface area contributed by atoms with E-state index in [-0.39, 0.29) is 11.3 Å². The van der Waals surface area contributed by atoms with Gasteiger partial charge in [0.25, 0.3) is 0 Å². The van der Waals surface area contributed by atoms with Gasteiger partial charge in [0.05, 0.1) is 13.3 Å². The van der Waals surface area contributed by atoms with E-state index >= 15 is 0 Å². The number of aromatic hydroxyl groups is 1. The van der Waals surface area contributed by atoms with Crippen LogP contribution in [0.15, 0.2) is 36.7 Å². The van der Waals surface area contributed by atoms with E-state index in [4.69, 9.17) is 4.74 Å². The maximum absolute atomic E-state index is 12.2. The van der Waals surface area contributed by atoms with Crippen LogP contribution < -0.4 is 9.47 Å². The summed E-state index contributed by atoms with van der Waals surface area (Å²) in [6.07, 6.45) is -1.95. The molecule has 1 heterocycles. The number of halogens is 3. The largest absolute Gasteiger partial charge is 0.573 e. The maximum Gasteiger partial charge on any atom is 0.573 e. The van der Waals surface area contributed by atoms with Crippen LogP contribution in [0.3, 0.4) is 0 Å². The highest BCUT2D eigenvalue weighted by molar-refractivity contribution is 5.71. The first-order valence-electron chi connectivity index (χ1n) is 5.47. The first kappa shape index (κ1) is 14.0. The second-order valence-electron chi connectivity index (χ2n) is 3.84. The van der Waals surface area contributed by atoms with Gasteiger partial charge in [-0.05, 0) is 24.3 Å². The van der Waals surface area contributed by atoms with Gasteiger partial charge in [0, 0.05) is 17.3 Å². The lowest BCUT2D eigenvalue weighted by molar-refractivity contribution is -0.274. The molecule has 1 aromatic carbocycles. The molecular formula is C13H10F3NO3. The van der Waals surface area contributed by atoms with Gasteiger partial charge in [-0.15, -0.1) is 13.2 Å². The van der Waals surface area contributed by atoms with Crippen LogP contribution in [0, 0.1) is 0 Å². The number of alkyl halides is 3. The Kier molecular flexibility index (Phi) is 3.69. The zero-order valence-electron chi connectivity index (χ0n) is 10.3. The van der Waals surface area contributed by atoms with Gasteiger partial charge in [-0.25, -0.2) is 0 Å². The number of hydrogen-bond donors (Lipinski definition) is 1.